The van der Waals surface area contributed by atoms with Crippen LogP contribution in [0.15, 0.2) is 0 Å². The first-order chi connectivity index (χ1) is 5.88. The average molecular weight is 189 g/mol. The van der Waals surface area contributed by atoms with Crippen LogP contribution < -0.4 is 5.32 Å². The van der Waals surface area contributed by atoms with E-state index in [-0.39, 0.29) is 6.10 Å². The van der Waals surface area contributed by atoms with Gasteiger partial charge in [0.05, 0.1) is 6.61 Å². The SMILES string of the molecule is [O-][S+]1CCCC1C1CNCCO1. The zero-order chi connectivity index (χ0) is 8.39. The van der Waals surface area contributed by atoms with E-state index in [0.29, 0.717) is 5.25 Å². The summed E-state index contributed by atoms with van der Waals surface area (Å²) in [5.74, 6) is 0.879. The van der Waals surface area contributed by atoms with Crippen LogP contribution in [0.2, 0.25) is 0 Å². The average Bonchev–Trinajstić information content (AvgIpc) is 2.53. The summed E-state index contributed by atoms with van der Waals surface area (Å²) in [4.78, 5) is 0. The molecule has 0 aromatic carbocycles. The molecule has 4 heteroatoms. The summed E-state index contributed by atoms with van der Waals surface area (Å²) < 4.78 is 17.1. The second kappa shape index (κ2) is 3.96. The van der Waals surface area contributed by atoms with Crippen molar-refractivity contribution in [3.63, 3.8) is 0 Å². The number of hydrogen-bond donors (Lipinski definition) is 1. The second-order valence-corrected chi connectivity index (χ2v) is 5.15. The molecule has 3 unspecified atom stereocenters. The first-order valence-electron chi connectivity index (χ1n) is 4.57. The Bertz CT molecular complexity index is 150. The molecule has 2 heterocycles. The Balaban J connectivity index is 1.89. The molecule has 0 radical (unpaired) electrons. The topological polar surface area (TPSA) is 44.3 Å². The maximum absolute atomic E-state index is 11.5. The van der Waals surface area contributed by atoms with Gasteiger partial charge in [0.1, 0.15) is 17.1 Å². The standard InChI is InChI=1S/C8H15NO2S/c10-12-5-1-2-8(12)7-6-9-3-4-11-7/h7-9H,1-6H2. The lowest BCUT2D eigenvalue weighted by atomic mass is 10.1. The molecule has 2 saturated heterocycles. The second-order valence-electron chi connectivity index (χ2n) is 3.38. The number of hydrogen-bond acceptors (Lipinski definition) is 3. The van der Waals surface area contributed by atoms with Gasteiger partial charge in [-0.3, -0.25) is 0 Å². The number of ether oxygens (including phenoxy) is 1. The summed E-state index contributed by atoms with van der Waals surface area (Å²) in [6, 6.07) is 0. The number of nitrogens with one attached hydrogen (secondary N) is 1. The van der Waals surface area contributed by atoms with E-state index in [1.54, 1.807) is 0 Å². The molecule has 0 amide bonds. The maximum atomic E-state index is 11.5. The van der Waals surface area contributed by atoms with Gasteiger partial charge in [-0.05, 0) is 17.6 Å². The van der Waals surface area contributed by atoms with Crippen molar-refractivity contribution < 1.29 is 9.29 Å². The first-order valence-corrected chi connectivity index (χ1v) is 5.95. The lowest BCUT2D eigenvalue weighted by Gasteiger charge is -2.28. The molecule has 2 aliphatic rings. The van der Waals surface area contributed by atoms with Crippen LogP contribution >= 0.6 is 0 Å². The molecule has 2 rings (SSSR count). The van der Waals surface area contributed by atoms with E-state index in [2.05, 4.69) is 5.32 Å². The van der Waals surface area contributed by atoms with E-state index >= 15 is 0 Å². The Kier molecular flexibility index (Phi) is 2.91. The minimum Gasteiger partial charge on any atom is -0.616 e. The molecule has 12 heavy (non-hydrogen) atoms. The van der Waals surface area contributed by atoms with Gasteiger partial charge in [0, 0.05) is 19.5 Å². The Hall–Kier alpha value is 0.230. The quantitative estimate of drug-likeness (QED) is 0.585. The van der Waals surface area contributed by atoms with Gasteiger partial charge in [0.25, 0.3) is 0 Å². The fourth-order valence-electron chi connectivity index (χ4n) is 1.89. The molecule has 0 spiro atoms. The molecule has 1 N–H and O–H groups in total. The molecule has 2 aliphatic heterocycles. The van der Waals surface area contributed by atoms with Crippen molar-refractivity contribution >= 4 is 11.2 Å². The Labute approximate surface area is 76.0 Å². The maximum Gasteiger partial charge on any atom is 0.143 e. The van der Waals surface area contributed by atoms with Crippen LogP contribution in [0.5, 0.6) is 0 Å². The Morgan fingerprint density at radius 1 is 1.50 bits per heavy atom. The minimum absolute atomic E-state index is 0.210. The van der Waals surface area contributed by atoms with Gasteiger partial charge in [0.15, 0.2) is 0 Å². The van der Waals surface area contributed by atoms with Gasteiger partial charge in [-0.1, -0.05) is 0 Å². The van der Waals surface area contributed by atoms with Crippen LogP contribution in [0.25, 0.3) is 0 Å². The summed E-state index contributed by atoms with van der Waals surface area (Å²) in [6.07, 6.45) is 2.40. The van der Waals surface area contributed by atoms with Crippen LogP contribution in [0, 0.1) is 0 Å². The lowest BCUT2D eigenvalue weighted by molar-refractivity contribution is 0.0260. The highest BCUT2D eigenvalue weighted by molar-refractivity contribution is 7.92. The van der Waals surface area contributed by atoms with E-state index in [4.69, 9.17) is 4.74 Å². The summed E-state index contributed by atoms with van der Waals surface area (Å²) in [7, 11) is 0. The molecule has 0 aromatic heterocycles. The minimum atomic E-state index is -0.623. The molecule has 0 bridgehead atoms. The molecule has 3 atom stereocenters. The third-order valence-corrected chi connectivity index (χ3v) is 4.45. The van der Waals surface area contributed by atoms with E-state index in [1.165, 1.54) is 0 Å². The van der Waals surface area contributed by atoms with Crippen LogP contribution in [0.4, 0.5) is 0 Å². The molecular formula is C8H15NO2S. The van der Waals surface area contributed by atoms with Gasteiger partial charge >= 0.3 is 0 Å². The van der Waals surface area contributed by atoms with Crippen molar-refractivity contribution in [3.05, 3.63) is 0 Å². The van der Waals surface area contributed by atoms with Crippen molar-refractivity contribution in [2.24, 2.45) is 0 Å². The summed E-state index contributed by atoms with van der Waals surface area (Å²) in [5.41, 5.74) is 0. The highest BCUT2D eigenvalue weighted by Crippen LogP contribution is 2.24. The predicted molar refractivity (Wildman–Crippen MR) is 48.6 cm³/mol. The monoisotopic (exact) mass is 189 g/mol. The van der Waals surface area contributed by atoms with Crippen molar-refractivity contribution in [2.75, 3.05) is 25.4 Å². The molecule has 0 aromatic rings. The molecule has 0 saturated carbocycles. The summed E-state index contributed by atoms with van der Waals surface area (Å²) in [5, 5.41) is 3.58. The van der Waals surface area contributed by atoms with Gasteiger partial charge < -0.3 is 14.6 Å². The van der Waals surface area contributed by atoms with Crippen LogP contribution in [0.1, 0.15) is 12.8 Å². The highest BCUT2D eigenvalue weighted by Gasteiger charge is 2.37. The summed E-state index contributed by atoms with van der Waals surface area (Å²) in [6.45, 7) is 2.60. The van der Waals surface area contributed by atoms with Crippen LogP contribution in [0.3, 0.4) is 0 Å². The predicted octanol–water partition coefficient (Wildman–Crippen LogP) is -0.114. The van der Waals surface area contributed by atoms with Crippen molar-refractivity contribution in [1.82, 2.24) is 5.32 Å². The normalized spacial score (nSPS) is 43.2. The molecular weight excluding hydrogens is 174 g/mol. The Morgan fingerprint density at radius 2 is 2.42 bits per heavy atom. The fraction of sp³-hybridized carbons (Fsp3) is 1.00. The molecule has 2 fully saturated rings. The van der Waals surface area contributed by atoms with Gasteiger partial charge in [-0.15, -0.1) is 0 Å². The number of morpholine rings is 1. The zero-order valence-corrected chi connectivity index (χ0v) is 7.94. The largest absolute Gasteiger partial charge is 0.616 e. The van der Waals surface area contributed by atoms with E-state index in [9.17, 15) is 4.55 Å². The third-order valence-electron chi connectivity index (χ3n) is 2.54. The van der Waals surface area contributed by atoms with Gasteiger partial charge in [-0.25, -0.2) is 0 Å². The Morgan fingerprint density at radius 3 is 3.00 bits per heavy atom. The van der Waals surface area contributed by atoms with Crippen molar-refractivity contribution in [3.8, 4) is 0 Å². The summed E-state index contributed by atoms with van der Waals surface area (Å²) >= 11 is -0.623. The van der Waals surface area contributed by atoms with Crippen LogP contribution in [-0.2, 0) is 15.9 Å². The van der Waals surface area contributed by atoms with E-state index < -0.39 is 11.2 Å². The van der Waals surface area contributed by atoms with E-state index in [0.717, 1.165) is 38.3 Å². The fourth-order valence-corrected chi connectivity index (χ4v) is 3.59. The smallest absolute Gasteiger partial charge is 0.143 e. The van der Waals surface area contributed by atoms with Gasteiger partial charge in [0.2, 0.25) is 0 Å². The van der Waals surface area contributed by atoms with Crippen LogP contribution in [-0.4, -0.2) is 41.4 Å². The zero-order valence-electron chi connectivity index (χ0n) is 7.12. The van der Waals surface area contributed by atoms with Crippen molar-refractivity contribution in [2.45, 2.75) is 24.2 Å². The van der Waals surface area contributed by atoms with Gasteiger partial charge in [-0.2, -0.15) is 0 Å². The molecule has 0 aliphatic carbocycles. The third kappa shape index (κ3) is 1.76. The molecule has 70 valence electrons. The number of rotatable bonds is 1. The van der Waals surface area contributed by atoms with E-state index in [1.807, 2.05) is 0 Å². The molecule has 3 nitrogen and oxygen atoms in total. The first kappa shape index (κ1) is 8.81. The van der Waals surface area contributed by atoms with Crippen molar-refractivity contribution in [1.29, 1.82) is 0 Å². The lowest BCUT2D eigenvalue weighted by Crippen LogP contribution is -2.46. The highest BCUT2D eigenvalue weighted by atomic mass is 32.2.